The number of nitrogens with two attached hydrogens (primary N) is 1. The highest BCUT2D eigenvalue weighted by Crippen LogP contribution is 2.17. The SMILES string of the molecule is CN(CCCOc1ccc(N)cc1)c1ccc(O)cc1. The third-order valence-corrected chi connectivity index (χ3v) is 3.08. The van der Waals surface area contributed by atoms with Crippen LogP contribution in [0, 0.1) is 0 Å². The number of ether oxygens (including phenoxy) is 1. The smallest absolute Gasteiger partial charge is 0.119 e. The van der Waals surface area contributed by atoms with E-state index in [-0.39, 0.29) is 5.75 Å². The van der Waals surface area contributed by atoms with Crippen LogP contribution in [-0.4, -0.2) is 25.3 Å². The molecule has 0 radical (unpaired) electrons. The second-order valence-electron chi connectivity index (χ2n) is 4.71. The van der Waals surface area contributed by atoms with Crippen LogP contribution in [0.2, 0.25) is 0 Å². The summed E-state index contributed by atoms with van der Waals surface area (Å²) in [4.78, 5) is 2.13. The second kappa shape index (κ2) is 6.70. The van der Waals surface area contributed by atoms with Crippen LogP contribution in [-0.2, 0) is 0 Å². The Labute approximate surface area is 119 Å². The summed E-state index contributed by atoms with van der Waals surface area (Å²) in [7, 11) is 2.02. The lowest BCUT2D eigenvalue weighted by atomic mass is 10.2. The molecule has 0 fully saturated rings. The minimum atomic E-state index is 0.286. The van der Waals surface area contributed by atoms with Gasteiger partial charge in [0.25, 0.3) is 0 Å². The number of hydrogen-bond donors (Lipinski definition) is 2. The molecule has 0 heterocycles. The third kappa shape index (κ3) is 4.09. The van der Waals surface area contributed by atoms with E-state index in [9.17, 15) is 5.11 Å². The first-order chi connectivity index (χ1) is 9.65. The third-order valence-electron chi connectivity index (χ3n) is 3.08. The summed E-state index contributed by atoms with van der Waals surface area (Å²) >= 11 is 0. The molecule has 0 saturated heterocycles. The zero-order valence-corrected chi connectivity index (χ0v) is 11.6. The maximum atomic E-state index is 9.25. The number of rotatable bonds is 6. The molecule has 106 valence electrons. The number of phenols is 1. The number of nitrogens with zero attached hydrogens (tertiary/aromatic N) is 1. The maximum absolute atomic E-state index is 9.25. The molecule has 2 aromatic carbocycles. The zero-order chi connectivity index (χ0) is 14.4. The van der Waals surface area contributed by atoms with Crippen LogP contribution in [0.4, 0.5) is 11.4 Å². The maximum Gasteiger partial charge on any atom is 0.119 e. The van der Waals surface area contributed by atoms with Crippen LogP contribution in [0.1, 0.15) is 6.42 Å². The van der Waals surface area contributed by atoms with Crippen molar-refractivity contribution >= 4 is 11.4 Å². The quantitative estimate of drug-likeness (QED) is 0.627. The van der Waals surface area contributed by atoms with Crippen molar-refractivity contribution in [3.05, 3.63) is 48.5 Å². The largest absolute Gasteiger partial charge is 0.508 e. The van der Waals surface area contributed by atoms with Crippen molar-refractivity contribution in [1.82, 2.24) is 0 Å². The van der Waals surface area contributed by atoms with E-state index in [1.54, 1.807) is 12.1 Å². The van der Waals surface area contributed by atoms with Gasteiger partial charge >= 0.3 is 0 Å². The normalized spacial score (nSPS) is 10.2. The number of benzene rings is 2. The molecule has 3 N–H and O–H groups in total. The zero-order valence-electron chi connectivity index (χ0n) is 11.6. The summed E-state index contributed by atoms with van der Waals surface area (Å²) in [5.41, 5.74) is 7.44. The van der Waals surface area contributed by atoms with Gasteiger partial charge in [0, 0.05) is 25.0 Å². The van der Waals surface area contributed by atoms with E-state index >= 15 is 0 Å². The average molecular weight is 272 g/mol. The van der Waals surface area contributed by atoms with Crippen LogP contribution in [0.15, 0.2) is 48.5 Å². The number of anilines is 2. The average Bonchev–Trinajstić information content (AvgIpc) is 2.46. The van der Waals surface area contributed by atoms with Crippen molar-refractivity contribution in [1.29, 1.82) is 0 Å². The van der Waals surface area contributed by atoms with Crippen LogP contribution >= 0.6 is 0 Å². The summed E-state index contributed by atoms with van der Waals surface area (Å²) in [5, 5.41) is 9.25. The first-order valence-electron chi connectivity index (χ1n) is 6.63. The van der Waals surface area contributed by atoms with Crippen molar-refractivity contribution in [2.45, 2.75) is 6.42 Å². The Balaban J connectivity index is 1.72. The molecular formula is C16H20N2O2. The summed E-state index contributed by atoms with van der Waals surface area (Å²) in [5.74, 6) is 1.13. The van der Waals surface area contributed by atoms with Gasteiger partial charge in [0.15, 0.2) is 0 Å². The van der Waals surface area contributed by atoms with Gasteiger partial charge in [0.05, 0.1) is 6.61 Å². The van der Waals surface area contributed by atoms with Crippen LogP contribution in [0.3, 0.4) is 0 Å². The molecule has 2 aromatic rings. The van der Waals surface area contributed by atoms with Gasteiger partial charge in [-0.05, 0) is 55.0 Å². The molecule has 4 heteroatoms. The molecule has 0 spiro atoms. The number of hydrogen-bond acceptors (Lipinski definition) is 4. The summed E-state index contributed by atoms with van der Waals surface area (Å²) in [6, 6.07) is 14.6. The second-order valence-corrected chi connectivity index (χ2v) is 4.71. The van der Waals surface area contributed by atoms with Gasteiger partial charge < -0.3 is 20.5 Å². The van der Waals surface area contributed by atoms with Gasteiger partial charge in [0.2, 0.25) is 0 Å². The summed E-state index contributed by atoms with van der Waals surface area (Å²) < 4.78 is 5.64. The lowest BCUT2D eigenvalue weighted by molar-refractivity contribution is 0.312. The van der Waals surface area contributed by atoms with Crippen molar-refractivity contribution in [2.24, 2.45) is 0 Å². The van der Waals surface area contributed by atoms with E-state index in [4.69, 9.17) is 10.5 Å². The molecule has 4 nitrogen and oxygen atoms in total. The van der Waals surface area contributed by atoms with Crippen molar-refractivity contribution in [2.75, 3.05) is 30.8 Å². The molecule has 0 unspecified atom stereocenters. The lowest BCUT2D eigenvalue weighted by Gasteiger charge is -2.19. The standard InChI is InChI=1S/C16H20N2O2/c1-18(14-5-7-15(19)8-6-14)11-2-12-20-16-9-3-13(17)4-10-16/h3-10,19H,2,11-12,17H2,1H3. The minimum absolute atomic E-state index is 0.286. The van der Waals surface area contributed by atoms with Gasteiger partial charge in [-0.25, -0.2) is 0 Å². The molecule has 0 bridgehead atoms. The summed E-state index contributed by atoms with van der Waals surface area (Å²) in [6.07, 6.45) is 0.918. The predicted molar refractivity (Wildman–Crippen MR) is 82.3 cm³/mol. The van der Waals surface area contributed by atoms with Crippen molar-refractivity contribution < 1.29 is 9.84 Å². The van der Waals surface area contributed by atoms with E-state index in [1.165, 1.54) is 0 Å². The Morgan fingerprint density at radius 1 is 1.05 bits per heavy atom. The van der Waals surface area contributed by atoms with Gasteiger partial charge in [-0.3, -0.25) is 0 Å². The number of nitrogen functional groups attached to an aromatic ring is 1. The van der Waals surface area contributed by atoms with Gasteiger partial charge in [0.1, 0.15) is 11.5 Å². The Morgan fingerprint density at radius 3 is 2.35 bits per heavy atom. The topological polar surface area (TPSA) is 58.7 Å². The molecule has 0 aliphatic heterocycles. The first kappa shape index (κ1) is 14.1. The molecule has 0 saturated carbocycles. The van der Waals surface area contributed by atoms with E-state index in [0.29, 0.717) is 6.61 Å². The molecule has 0 aromatic heterocycles. The van der Waals surface area contributed by atoms with Crippen LogP contribution < -0.4 is 15.4 Å². The Bertz CT molecular complexity index is 523. The highest BCUT2D eigenvalue weighted by atomic mass is 16.5. The Kier molecular flexibility index (Phi) is 4.71. The van der Waals surface area contributed by atoms with Crippen molar-refractivity contribution in [3.63, 3.8) is 0 Å². The van der Waals surface area contributed by atoms with Gasteiger partial charge in [-0.2, -0.15) is 0 Å². The molecule has 0 atom stereocenters. The lowest BCUT2D eigenvalue weighted by Crippen LogP contribution is -2.20. The number of aromatic hydroxyl groups is 1. The highest BCUT2D eigenvalue weighted by molar-refractivity contribution is 5.48. The Hall–Kier alpha value is -2.36. The molecule has 2 rings (SSSR count). The first-order valence-corrected chi connectivity index (χ1v) is 6.63. The summed E-state index contributed by atoms with van der Waals surface area (Å²) in [6.45, 7) is 1.55. The van der Waals surface area contributed by atoms with Gasteiger partial charge in [-0.15, -0.1) is 0 Å². The number of phenolic OH excluding ortho intramolecular Hbond substituents is 1. The van der Waals surface area contributed by atoms with E-state index in [2.05, 4.69) is 4.90 Å². The fourth-order valence-electron chi connectivity index (χ4n) is 1.89. The molecular weight excluding hydrogens is 252 g/mol. The van der Waals surface area contributed by atoms with E-state index in [0.717, 1.165) is 30.1 Å². The fourth-order valence-corrected chi connectivity index (χ4v) is 1.89. The molecule has 0 aliphatic carbocycles. The van der Waals surface area contributed by atoms with Crippen LogP contribution in [0.5, 0.6) is 11.5 Å². The monoisotopic (exact) mass is 272 g/mol. The molecule has 20 heavy (non-hydrogen) atoms. The van der Waals surface area contributed by atoms with Crippen molar-refractivity contribution in [3.8, 4) is 11.5 Å². The predicted octanol–water partition coefficient (Wildman–Crippen LogP) is 2.88. The molecule has 0 amide bonds. The Morgan fingerprint density at radius 2 is 1.70 bits per heavy atom. The fraction of sp³-hybridized carbons (Fsp3) is 0.250. The minimum Gasteiger partial charge on any atom is -0.508 e. The van der Waals surface area contributed by atoms with Crippen LogP contribution in [0.25, 0.3) is 0 Å². The molecule has 0 aliphatic rings. The van der Waals surface area contributed by atoms with E-state index < -0.39 is 0 Å². The highest BCUT2D eigenvalue weighted by Gasteiger charge is 2.01. The van der Waals surface area contributed by atoms with E-state index in [1.807, 2.05) is 43.4 Å². The van der Waals surface area contributed by atoms with Gasteiger partial charge in [-0.1, -0.05) is 0 Å².